The van der Waals surface area contributed by atoms with Crippen LogP contribution in [0.3, 0.4) is 0 Å². The number of hydrogen-bond donors (Lipinski definition) is 1. The number of nitrogens with zero attached hydrogens (tertiary/aromatic N) is 4. The lowest BCUT2D eigenvalue weighted by atomic mass is 10.1. The molecule has 1 saturated heterocycles. The number of aromatic nitrogens is 3. The molecule has 0 radical (unpaired) electrons. The Bertz CT molecular complexity index is 1020. The Hall–Kier alpha value is -2.86. The van der Waals surface area contributed by atoms with E-state index in [9.17, 15) is 5.11 Å². The number of fused-ring (bicyclic) bond motifs is 2. The number of furan rings is 1. The summed E-state index contributed by atoms with van der Waals surface area (Å²) in [7, 11) is 0. The quantitative estimate of drug-likeness (QED) is 0.624. The van der Waals surface area contributed by atoms with Crippen molar-refractivity contribution in [2.45, 2.75) is 6.42 Å². The SMILES string of the molecule is OCC1CCN(c2ccc3ncc(-c4cc5ccccc5o4)n3n2)C1. The van der Waals surface area contributed by atoms with Gasteiger partial charge in [-0.2, -0.15) is 0 Å². The molecular weight excluding hydrogens is 316 g/mol. The van der Waals surface area contributed by atoms with E-state index in [2.05, 4.69) is 9.88 Å². The molecule has 3 aromatic heterocycles. The van der Waals surface area contributed by atoms with Crippen LogP contribution in [0.2, 0.25) is 0 Å². The van der Waals surface area contributed by atoms with Gasteiger partial charge in [0.2, 0.25) is 0 Å². The lowest BCUT2D eigenvalue weighted by Gasteiger charge is -2.17. The minimum Gasteiger partial charge on any atom is -0.454 e. The Labute approximate surface area is 144 Å². The predicted octanol–water partition coefficient (Wildman–Crippen LogP) is 2.96. The zero-order chi connectivity index (χ0) is 16.8. The fraction of sp³-hybridized carbons (Fsp3) is 0.263. The molecule has 0 bridgehead atoms. The molecule has 1 N–H and O–H groups in total. The molecule has 4 heterocycles. The second-order valence-electron chi connectivity index (χ2n) is 6.54. The first kappa shape index (κ1) is 14.5. The minimum absolute atomic E-state index is 0.230. The highest BCUT2D eigenvalue weighted by Crippen LogP contribution is 2.29. The highest BCUT2D eigenvalue weighted by molar-refractivity contribution is 5.82. The van der Waals surface area contributed by atoms with Gasteiger partial charge in [-0.15, -0.1) is 5.10 Å². The Morgan fingerprint density at radius 2 is 2.12 bits per heavy atom. The molecule has 0 amide bonds. The average Bonchev–Trinajstić information content (AvgIpc) is 3.37. The standard InChI is InChI=1S/C19H18N4O2/c24-12-13-7-8-22(11-13)19-6-5-18-20-10-15(23(18)21-19)17-9-14-3-1-2-4-16(14)25-17/h1-6,9-10,13,24H,7-8,11-12H2. The molecule has 1 aromatic carbocycles. The molecule has 0 saturated carbocycles. The number of benzene rings is 1. The first-order valence-corrected chi connectivity index (χ1v) is 8.51. The van der Waals surface area contributed by atoms with E-state index in [-0.39, 0.29) is 6.61 Å². The number of anilines is 1. The molecule has 5 rings (SSSR count). The number of hydrogen-bond acceptors (Lipinski definition) is 5. The van der Waals surface area contributed by atoms with E-state index in [0.29, 0.717) is 5.92 Å². The summed E-state index contributed by atoms with van der Waals surface area (Å²) in [6, 6.07) is 13.9. The van der Waals surface area contributed by atoms with Crippen molar-refractivity contribution in [2.24, 2.45) is 5.92 Å². The number of rotatable bonds is 3. The molecular formula is C19H18N4O2. The predicted molar refractivity (Wildman–Crippen MR) is 95.6 cm³/mol. The van der Waals surface area contributed by atoms with Gasteiger partial charge >= 0.3 is 0 Å². The molecule has 1 aliphatic heterocycles. The van der Waals surface area contributed by atoms with Crippen LogP contribution in [0.25, 0.3) is 28.1 Å². The van der Waals surface area contributed by atoms with Crippen molar-refractivity contribution in [2.75, 3.05) is 24.6 Å². The van der Waals surface area contributed by atoms with Gasteiger partial charge in [-0.25, -0.2) is 9.50 Å². The van der Waals surface area contributed by atoms with E-state index in [1.54, 1.807) is 6.20 Å². The summed E-state index contributed by atoms with van der Waals surface area (Å²) < 4.78 is 7.81. The summed E-state index contributed by atoms with van der Waals surface area (Å²) in [6.07, 6.45) is 2.79. The van der Waals surface area contributed by atoms with Crippen LogP contribution in [0.4, 0.5) is 5.82 Å². The molecule has 25 heavy (non-hydrogen) atoms. The lowest BCUT2D eigenvalue weighted by molar-refractivity contribution is 0.238. The summed E-state index contributed by atoms with van der Waals surface area (Å²) in [5, 5.41) is 15.2. The van der Waals surface area contributed by atoms with E-state index in [1.807, 2.05) is 47.0 Å². The topological polar surface area (TPSA) is 66.8 Å². The van der Waals surface area contributed by atoms with Gasteiger partial charge in [0.15, 0.2) is 11.4 Å². The van der Waals surface area contributed by atoms with Crippen molar-refractivity contribution in [1.29, 1.82) is 0 Å². The Morgan fingerprint density at radius 1 is 1.20 bits per heavy atom. The Morgan fingerprint density at radius 3 is 2.96 bits per heavy atom. The van der Waals surface area contributed by atoms with Gasteiger partial charge in [-0.3, -0.25) is 0 Å². The zero-order valence-corrected chi connectivity index (χ0v) is 13.7. The molecule has 1 atom stereocenters. The van der Waals surface area contributed by atoms with Crippen LogP contribution in [-0.2, 0) is 0 Å². The lowest BCUT2D eigenvalue weighted by Crippen LogP contribution is -2.22. The Kier molecular flexibility index (Phi) is 3.24. The molecule has 126 valence electrons. The second kappa shape index (κ2) is 5.60. The number of aliphatic hydroxyl groups excluding tert-OH is 1. The molecule has 1 fully saturated rings. The van der Waals surface area contributed by atoms with Crippen molar-refractivity contribution >= 4 is 22.4 Å². The van der Waals surface area contributed by atoms with E-state index in [4.69, 9.17) is 9.52 Å². The highest BCUT2D eigenvalue weighted by Gasteiger charge is 2.23. The maximum Gasteiger partial charge on any atom is 0.155 e. The van der Waals surface area contributed by atoms with Gasteiger partial charge in [0, 0.05) is 31.0 Å². The van der Waals surface area contributed by atoms with E-state index in [0.717, 1.165) is 53.4 Å². The van der Waals surface area contributed by atoms with Gasteiger partial charge in [0.1, 0.15) is 17.1 Å². The van der Waals surface area contributed by atoms with Crippen LogP contribution >= 0.6 is 0 Å². The fourth-order valence-electron chi connectivity index (χ4n) is 3.50. The highest BCUT2D eigenvalue weighted by atomic mass is 16.3. The third-order valence-corrected chi connectivity index (χ3v) is 4.89. The zero-order valence-electron chi connectivity index (χ0n) is 13.7. The Balaban J connectivity index is 1.58. The van der Waals surface area contributed by atoms with Crippen LogP contribution in [0.1, 0.15) is 6.42 Å². The van der Waals surface area contributed by atoms with Gasteiger partial charge < -0.3 is 14.4 Å². The molecule has 1 aliphatic rings. The largest absolute Gasteiger partial charge is 0.454 e. The molecule has 4 aromatic rings. The molecule has 6 nitrogen and oxygen atoms in total. The normalized spacial score (nSPS) is 17.8. The van der Waals surface area contributed by atoms with Crippen molar-refractivity contribution in [1.82, 2.24) is 14.6 Å². The monoisotopic (exact) mass is 334 g/mol. The van der Waals surface area contributed by atoms with Gasteiger partial charge in [-0.1, -0.05) is 18.2 Å². The number of imidazole rings is 1. The minimum atomic E-state index is 0.230. The van der Waals surface area contributed by atoms with Crippen molar-refractivity contribution < 1.29 is 9.52 Å². The van der Waals surface area contributed by atoms with Crippen molar-refractivity contribution in [3.05, 3.63) is 48.7 Å². The maximum atomic E-state index is 9.36. The molecule has 0 spiro atoms. The van der Waals surface area contributed by atoms with Crippen molar-refractivity contribution in [3.63, 3.8) is 0 Å². The average molecular weight is 334 g/mol. The first-order chi connectivity index (χ1) is 12.3. The van der Waals surface area contributed by atoms with Crippen LogP contribution < -0.4 is 4.90 Å². The molecule has 0 aliphatic carbocycles. The first-order valence-electron chi connectivity index (χ1n) is 8.51. The van der Waals surface area contributed by atoms with Gasteiger partial charge in [-0.05, 0) is 30.7 Å². The van der Waals surface area contributed by atoms with Crippen LogP contribution in [0.15, 0.2) is 53.1 Å². The third kappa shape index (κ3) is 2.37. The van der Waals surface area contributed by atoms with Gasteiger partial charge in [0.05, 0.1) is 6.20 Å². The number of aliphatic hydroxyl groups is 1. The second-order valence-corrected chi connectivity index (χ2v) is 6.54. The summed E-state index contributed by atoms with van der Waals surface area (Å²) in [5.41, 5.74) is 2.48. The van der Waals surface area contributed by atoms with E-state index < -0.39 is 0 Å². The number of para-hydroxylation sites is 1. The van der Waals surface area contributed by atoms with E-state index in [1.165, 1.54) is 0 Å². The summed E-state index contributed by atoms with van der Waals surface area (Å²) in [6.45, 7) is 1.98. The molecule has 6 heteroatoms. The van der Waals surface area contributed by atoms with Crippen molar-refractivity contribution in [3.8, 4) is 11.5 Å². The smallest absolute Gasteiger partial charge is 0.155 e. The summed E-state index contributed by atoms with van der Waals surface area (Å²) >= 11 is 0. The maximum absolute atomic E-state index is 9.36. The van der Waals surface area contributed by atoms with Crippen LogP contribution in [0.5, 0.6) is 0 Å². The molecule has 1 unspecified atom stereocenters. The van der Waals surface area contributed by atoms with E-state index >= 15 is 0 Å². The fourth-order valence-corrected chi connectivity index (χ4v) is 3.50. The van der Waals surface area contributed by atoms with Crippen LogP contribution in [0, 0.1) is 5.92 Å². The van der Waals surface area contributed by atoms with Gasteiger partial charge in [0.25, 0.3) is 0 Å². The summed E-state index contributed by atoms with van der Waals surface area (Å²) in [4.78, 5) is 6.66. The third-order valence-electron chi connectivity index (χ3n) is 4.89. The van der Waals surface area contributed by atoms with Crippen LogP contribution in [-0.4, -0.2) is 39.4 Å². The summed E-state index contributed by atoms with van der Waals surface area (Å²) in [5.74, 6) is 1.99.